The molecule has 5 rings (SSSR count). The molecule has 0 radical (unpaired) electrons. The van der Waals surface area contributed by atoms with Crippen LogP contribution >= 0.6 is 0 Å². The second-order valence-electron chi connectivity index (χ2n) is 11.3. The molecule has 10 heteroatoms. The number of rotatable bonds is 8. The van der Waals surface area contributed by atoms with E-state index in [1.54, 1.807) is 37.4 Å². The van der Waals surface area contributed by atoms with Gasteiger partial charge in [0, 0.05) is 23.0 Å². The molecule has 1 unspecified atom stereocenters. The molecule has 0 aliphatic heterocycles. The third-order valence-electron chi connectivity index (χ3n) is 8.49. The van der Waals surface area contributed by atoms with E-state index in [4.69, 9.17) is 4.74 Å². The third kappa shape index (κ3) is 6.17. The smallest absolute Gasteiger partial charge is 0.435 e. The van der Waals surface area contributed by atoms with Crippen molar-refractivity contribution in [3.8, 4) is 5.75 Å². The average molecular weight is 583 g/mol. The normalized spacial score (nSPS) is 16.1. The van der Waals surface area contributed by atoms with Crippen LogP contribution in [0.15, 0.2) is 42.5 Å². The minimum absolute atomic E-state index is 0.00225. The van der Waals surface area contributed by atoms with Crippen LogP contribution in [0, 0.1) is 13.8 Å². The SMILES string of the molecule is COc1ccc(C(C(=O)NC2CCCC2)N(C(=O)Cn2nc(C(F)(F)F)c3c2CCCC3)c2ccc(C)c(C)c2)cc1. The number of amides is 2. The highest BCUT2D eigenvalue weighted by atomic mass is 19.4. The quantitative estimate of drug-likeness (QED) is 0.341. The number of benzene rings is 2. The summed E-state index contributed by atoms with van der Waals surface area (Å²) in [5, 5.41) is 7.06. The maximum absolute atomic E-state index is 14.3. The molecule has 1 aromatic heterocycles. The largest absolute Gasteiger partial charge is 0.497 e. The van der Waals surface area contributed by atoms with E-state index < -0.39 is 30.4 Å². The number of hydrogen-bond acceptors (Lipinski definition) is 4. The first kappa shape index (κ1) is 29.7. The van der Waals surface area contributed by atoms with E-state index in [0.29, 0.717) is 35.5 Å². The van der Waals surface area contributed by atoms with Crippen LogP contribution in [0.5, 0.6) is 5.75 Å². The van der Waals surface area contributed by atoms with E-state index in [9.17, 15) is 22.8 Å². The molecule has 2 aromatic carbocycles. The van der Waals surface area contributed by atoms with Gasteiger partial charge in [0.25, 0.3) is 0 Å². The van der Waals surface area contributed by atoms with Crippen molar-refractivity contribution in [2.75, 3.05) is 12.0 Å². The van der Waals surface area contributed by atoms with Crippen LogP contribution in [0.4, 0.5) is 18.9 Å². The van der Waals surface area contributed by atoms with E-state index in [2.05, 4.69) is 10.4 Å². The Hall–Kier alpha value is -3.82. The Bertz CT molecular complexity index is 1440. The minimum Gasteiger partial charge on any atom is -0.497 e. The van der Waals surface area contributed by atoms with Crippen molar-refractivity contribution in [3.63, 3.8) is 0 Å². The van der Waals surface area contributed by atoms with Crippen molar-refractivity contribution in [1.82, 2.24) is 15.1 Å². The minimum atomic E-state index is -4.61. The summed E-state index contributed by atoms with van der Waals surface area (Å²) in [6, 6.07) is 11.4. The molecule has 0 bridgehead atoms. The molecule has 1 fully saturated rings. The topological polar surface area (TPSA) is 76.5 Å². The molecule has 2 aliphatic rings. The van der Waals surface area contributed by atoms with Gasteiger partial charge in [-0.1, -0.05) is 31.0 Å². The predicted molar refractivity (Wildman–Crippen MR) is 153 cm³/mol. The molecular weight excluding hydrogens is 545 g/mol. The Labute approximate surface area is 244 Å². The highest BCUT2D eigenvalue weighted by molar-refractivity contribution is 6.01. The number of carbonyl (C=O) groups excluding carboxylic acids is 2. The van der Waals surface area contributed by atoms with Crippen molar-refractivity contribution >= 4 is 17.5 Å². The van der Waals surface area contributed by atoms with E-state index >= 15 is 0 Å². The number of nitrogens with one attached hydrogen (secondary N) is 1. The lowest BCUT2D eigenvalue weighted by Gasteiger charge is -2.33. The van der Waals surface area contributed by atoms with Gasteiger partial charge in [-0.2, -0.15) is 18.3 Å². The predicted octanol–water partition coefficient (Wildman–Crippen LogP) is 6.24. The number of ether oxygens (including phenoxy) is 1. The second-order valence-corrected chi connectivity index (χ2v) is 11.3. The molecule has 0 saturated heterocycles. The molecule has 3 aromatic rings. The number of hydrogen-bond donors (Lipinski definition) is 1. The van der Waals surface area contributed by atoms with E-state index in [-0.39, 0.29) is 23.9 Å². The van der Waals surface area contributed by atoms with Gasteiger partial charge in [-0.05, 0) is 93.3 Å². The van der Waals surface area contributed by atoms with Crippen LogP contribution in [-0.2, 0) is 35.2 Å². The monoisotopic (exact) mass is 582 g/mol. The number of carbonyl (C=O) groups is 2. The zero-order chi connectivity index (χ0) is 30.0. The van der Waals surface area contributed by atoms with Crippen molar-refractivity contribution in [2.24, 2.45) is 0 Å². The number of alkyl halides is 3. The summed E-state index contributed by atoms with van der Waals surface area (Å²) in [5.74, 6) is -0.261. The van der Waals surface area contributed by atoms with Crippen LogP contribution in [0.2, 0.25) is 0 Å². The number of fused-ring (bicyclic) bond motifs is 1. The summed E-state index contributed by atoms with van der Waals surface area (Å²) < 4.78 is 48.2. The van der Waals surface area contributed by atoms with Gasteiger partial charge in [0.05, 0.1) is 7.11 Å². The summed E-state index contributed by atoms with van der Waals surface area (Å²) in [6.45, 7) is 3.45. The molecule has 0 spiro atoms. The summed E-state index contributed by atoms with van der Waals surface area (Å²) in [5.41, 5.74) is 2.68. The molecule has 1 atom stereocenters. The van der Waals surface area contributed by atoms with Gasteiger partial charge < -0.3 is 10.1 Å². The lowest BCUT2D eigenvalue weighted by Crippen LogP contribution is -2.47. The number of anilines is 1. The third-order valence-corrected chi connectivity index (χ3v) is 8.49. The summed E-state index contributed by atoms with van der Waals surface area (Å²) in [7, 11) is 1.55. The standard InChI is InChI=1S/C32H37F3N4O3/c1-20-12-15-24(18-21(20)2)39(28(40)19-38-27-11-7-6-10-26(27)30(37-38)32(33,34)35)29(22-13-16-25(42-3)17-14-22)31(41)36-23-8-4-5-9-23/h12-18,23,29H,4-11,19H2,1-3H3,(H,36,41). The van der Waals surface area contributed by atoms with E-state index in [1.165, 1.54) is 9.58 Å². The Balaban J connectivity index is 1.59. The van der Waals surface area contributed by atoms with Crippen molar-refractivity contribution < 1.29 is 27.5 Å². The zero-order valence-electron chi connectivity index (χ0n) is 24.3. The fourth-order valence-corrected chi connectivity index (χ4v) is 6.10. The Morgan fingerprint density at radius 2 is 1.71 bits per heavy atom. The van der Waals surface area contributed by atoms with Gasteiger partial charge >= 0.3 is 6.18 Å². The highest BCUT2D eigenvalue weighted by Crippen LogP contribution is 2.37. The molecule has 2 amide bonds. The maximum Gasteiger partial charge on any atom is 0.435 e. The molecule has 2 aliphatic carbocycles. The molecule has 1 saturated carbocycles. The molecule has 7 nitrogen and oxygen atoms in total. The Kier molecular flexibility index (Phi) is 8.61. The van der Waals surface area contributed by atoms with Gasteiger partial charge in [-0.3, -0.25) is 19.2 Å². The zero-order valence-corrected chi connectivity index (χ0v) is 24.3. The Morgan fingerprint density at radius 3 is 2.36 bits per heavy atom. The van der Waals surface area contributed by atoms with Gasteiger partial charge in [0.2, 0.25) is 11.8 Å². The van der Waals surface area contributed by atoms with E-state index in [0.717, 1.165) is 43.2 Å². The molecule has 1 N–H and O–H groups in total. The molecule has 1 heterocycles. The first-order chi connectivity index (χ1) is 20.1. The fourth-order valence-electron chi connectivity index (χ4n) is 6.10. The second kappa shape index (κ2) is 12.2. The first-order valence-electron chi connectivity index (χ1n) is 14.6. The lowest BCUT2D eigenvalue weighted by molar-refractivity contribution is -0.142. The van der Waals surface area contributed by atoms with Gasteiger partial charge in [-0.15, -0.1) is 0 Å². The van der Waals surface area contributed by atoms with E-state index in [1.807, 2.05) is 26.0 Å². The van der Waals surface area contributed by atoms with Crippen molar-refractivity contribution in [3.05, 3.63) is 76.1 Å². The van der Waals surface area contributed by atoms with Crippen LogP contribution in [-0.4, -0.2) is 34.7 Å². The summed E-state index contributed by atoms with van der Waals surface area (Å²) in [6.07, 6.45) is 1.20. The van der Waals surface area contributed by atoms with Crippen LogP contribution in [0.3, 0.4) is 0 Å². The van der Waals surface area contributed by atoms with Gasteiger partial charge in [-0.25, -0.2) is 0 Å². The molecule has 224 valence electrons. The van der Waals surface area contributed by atoms with Crippen LogP contribution in [0.1, 0.15) is 78.2 Å². The maximum atomic E-state index is 14.3. The number of aromatic nitrogens is 2. The summed E-state index contributed by atoms with van der Waals surface area (Å²) in [4.78, 5) is 29.8. The van der Waals surface area contributed by atoms with Gasteiger partial charge in [0.15, 0.2) is 5.69 Å². The first-order valence-corrected chi connectivity index (χ1v) is 14.6. The fraction of sp³-hybridized carbons (Fsp3) is 0.469. The number of nitrogens with zero attached hydrogens (tertiary/aromatic N) is 3. The average Bonchev–Trinajstić information content (AvgIpc) is 3.61. The van der Waals surface area contributed by atoms with Crippen molar-refractivity contribution in [1.29, 1.82) is 0 Å². The highest BCUT2D eigenvalue weighted by Gasteiger charge is 2.41. The Morgan fingerprint density at radius 1 is 1.02 bits per heavy atom. The van der Waals surface area contributed by atoms with Crippen molar-refractivity contribution in [2.45, 2.75) is 90.0 Å². The summed E-state index contributed by atoms with van der Waals surface area (Å²) >= 11 is 0. The molecule has 42 heavy (non-hydrogen) atoms. The number of aryl methyl sites for hydroxylation is 2. The lowest BCUT2D eigenvalue weighted by atomic mass is 9.95. The number of methoxy groups -OCH3 is 1. The van der Waals surface area contributed by atoms with Gasteiger partial charge in [0.1, 0.15) is 18.3 Å². The number of halogens is 3. The van der Waals surface area contributed by atoms with Crippen LogP contribution < -0.4 is 15.0 Å². The molecular formula is C32H37F3N4O3. The van der Waals surface area contributed by atoms with Crippen LogP contribution in [0.25, 0.3) is 0 Å².